The van der Waals surface area contributed by atoms with Crippen LogP contribution in [0.2, 0.25) is 0 Å². The molecule has 1 heterocycles. The van der Waals surface area contributed by atoms with Gasteiger partial charge in [-0.05, 0) is 6.42 Å². The lowest BCUT2D eigenvalue weighted by Crippen LogP contribution is -2.30. The first-order chi connectivity index (χ1) is 5.65. The number of H-pyrrole nitrogens is 1. The Morgan fingerprint density at radius 2 is 2.17 bits per heavy atom. The van der Waals surface area contributed by atoms with Gasteiger partial charge in [0.05, 0.1) is 0 Å². The van der Waals surface area contributed by atoms with Gasteiger partial charge in [0.25, 0.3) is 5.56 Å². The number of aromatic nitrogens is 2. The molecular weight excluding hydrogens is 156 g/mol. The summed E-state index contributed by atoms with van der Waals surface area (Å²) in [5.41, 5.74) is 0.124. The number of nitrogens with zero attached hydrogens (tertiary/aromatic N) is 1. The molecule has 0 amide bonds. The number of hydrogen-bond donors (Lipinski definition) is 1. The molecule has 0 saturated heterocycles. The largest absolute Gasteiger partial charge is 0.328 e. The van der Waals surface area contributed by atoms with E-state index in [4.69, 9.17) is 0 Å². The van der Waals surface area contributed by atoms with Crippen LogP contribution in [0.15, 0.2) is 15.7 Å². The van der Waals surface area contributed by atoms with Gasteiger partial charge < -0.3 is 4.57 Å². The van der Waals surface area contributed by atoms with Crippen LogP contribution in [-0.2, 0) is 13.5 Å². The van der Waals surface area contributed by atoms with Crippen molar-refractivity contribution in [2.24, 2.45) is 7.05 Å². The zero-order chi connectivity index (χ0) is 9.14. The van der Waals surface area contributed by atoms with Crippen molar-refractivity contribution >= 4 is 0 Å². The van der Waals surface area contributed by atoms with Crippen LogP contribution < -0.4 is 11.2 Å². The quantitative estimate of drug-likeness (QED) is 0.677. The Labute approximate surface area is 69.9 Å². The topological polar surface area (TPSA) is 54.9 Å². The molecule has 0 spiro atoms. The molecule has 0 fully saturated rings. The van der Waals surface area contributed by atoms with Gasteiger partial charge in [-0.1, -0.05) is 13.3 Å². The van der Waals surface area contributed by atoms with Crippen LogP contribution in [0.3, 0.4) is 0 Å². The van der Waals surface area contributed by atoms with Crippen molar-refractivity contribution in [3.63, 3.8) is 0 Å². The van der Waals surface area contributed by atoms with Crippen LogP contribution in [0.4, 0.5) is 0 Å². The molecule has 0 saturated carbocycles. The summed E-state index contributed by atoms with van der Waals surface area (Å²) >= 11 is 0. The van der Waals surface area contributed by atoms with Gasteiger partial charge in [0.2, 0.25) is 0 Å². The Hall–Kier alpha value is -1.32. The number of aryl methyl sites for hydroxylation is 1. The molecular formula is C8H12N2O2. The van der Waals surface area contributed by atoms with E-state index in [9.17, 15) is 9.59 Å². The normalized spacial score (nSPS) is 10.2. The molecule has 0 bridgehead atoms. The lowest BCUT2D eigenvalue weighted by molar-refractivity contribution is 0.712. The summed E-state index contributed by atoms with van der Waals surface area (Å²) in [5.74, 6) is 0. The molecule has 4 nitrogen and oxygen atoms in total. The molecule has 4 heteroatoms. The summed E-state index contributed by atoms with van der Waals surface area (Å²) in [7, 11) is 1.66. The average molecular weight is 168 g/mol. The van der Waals surface area contributed by atoms with E-state index in [0.29, 0.717) is 0 Å². The van der Waals surface area contributed by atoms with Crippen molar-refractivity contribution in [3.05, 3.63) is 32.6 Å². The number of aromatic amines is 1. The molecule has 12 heavy (non-hydrogen) atoms. The highest BCUT2D eigenvalue weighted by Gasteiger charge is 1.99. The molecule has 0 aliphatic rings. The van der Waals surface area contributed by atoms with Gasteiger partial charge in [0, 0.05) is 18.8 Å². The molecule has 0 atom stereocenters. The van der Waals surface area contributed by atoms with E-state index in [-0.39, 0.29) is 11.2 Å². The van der Waals surface area contributed by atoms with Crippen LogP contribution in [-0.4, -0.2) is 9.55 Å². The minimum atomic E-state index is -0.342. The first kappa shape index (κ1) is 8.77. The van der Waals surface area contributed by atoms with E-state index in [1.54, 1.807) is 7.05 Å². The summed E-state index contributed by atoms with van der Waals surface area (Å²) in [6, 6.07) is 1.46. The first-order valence-corrected chi connectivity index (χ1v) is 3.94. The maximum Gasteiger partial charge on any atom is 0.328 e. The van der Waals surface area contributed by atoms with E-state index in [1.807, 2.05) is 6.92 Å². The minimum absolute atomic E-state index is 0.318. The fourth-order valence-corrected chi connectivity index (χ4v) is 1.10. The second kappa shape index (κ2) is 3.38. The SMILES string of the molecule is CCCc1cc(=O)[nH]c(=O)n1C. The smallest absolute Gasteiger partial charge is 0.301 e. The highest BCUT2D eigenvalue weighted by atomic mass is 16.2. The van der Waals surface area contributed by atoms with E-state index < -0.39 is 0 Å². The second-order valence-corrected chi connectivity index (χ2v) is 2.74. The highest BCUT2D eigenvalue weighted by molar-refractivity contribution is 5.00. The Balaban J connectivity index is 3.28. The molecule has 1 aromatic heterocycles. The molecule has 1 aromatic rings. The summed E-state index contributed by atoms with van der Waals surface area (Å²) in [4.78, 5) is 24.1. The van der Waals surface area contributed by atoms with E-state index in [1.165, 1.54) is 10.6 Å². The van der Waals surface area contributed by atoms with Crippen LogP contribution in [0.1, 0.15) is 19.0 Å². The lowest BCUT2D eigenvalue weighted by atomic mass is 10.2. The van der Waals surface area contributed by atoms with Crippen molar-refractivity contribution in [3.8, 4) is 0 Å². The van der Waals surface area contributed by atoms with E-state index >= 15 is 0 Å². The van der Waals surface area contributed by atoms with Crippen LogP contribution in [0.5, 0.6) is 0 Å². The zero-order valence-corrected chi connectivity index (χ0v) is 7.26. The van der Waals surface area contributed by atoms with Gasteiger partial charge >= 0.3 is 5.69 Å². The van der Waals surface area contributed by atoms with Gasteiger partial charge in [0.15, 0.2) is 0 Å². The molecule has 66 valence electrons. The van der Waals surface area contributed by atoms with Gasteiger partial charge in [0.1, 0.15) is 0 Å². The van der Waals surface area contributed by atoms with Crippen molar-refractivity contribution in [2.45, 2.75) is 19.8 Å². The second-order valence-electron chi connectivity index (χ2n) is 2.74. The predicted octanol–water partition coefficient (Wildman–Crippen LogP) is 0.0261. The minimum Gasteiger partial charge on any atom is -0.301 e. The fourth-order valence-electron chi connectivity index (χ4n) is 1.10. The third-order valence-corrected chi connectivity index (χ3v) is 1.77. The Kier molecular flexibility index (Phi) is 2.47. The van der Waals surface area contributed by atoms with Gasteiger partial charge in [-0.2, -0.15) is 0 Å². The van der Waals surface area contributed by atoms with Crippen LogP contribution >= 0.6 is 0 Å². The van der Waals surface area contributed by atoms with Crippen LogP contribution in [0, 0.1) is 0 Å². The predicted molar refractivity (Wildman–Crippen MR) is 46.3 cm³/mol. The first-order valence-electron chi connectivity index (χ1n) is 3.94. The van der Waals surface area contributed by atoms with Crippen molar-refractivity contribution in [2.75, 3.05) is 0 Å². The van der Waals surface area contributed by atoms with E-state index in [0.717, 1.165) is 18.5 Å². The number of rotatable bonds is 2. The standard InChI is InChI=1S/C8H12N2O2/c1-3-4-6-5-7(11)9-8(12)10(6)2/h5H,3-4H2,1-2H3,(H,9,11,12). The molecule has 0 aromatic carbocycles. The Morgan fingerprint density at radius 3 is 2.75 bits per heavy atom. The Bertz CT molecular complexity index is 375. The highest BCUT2D eigenvalue weighted by Crippen LogP contribution is 1.94. The molecule has 0 unspecified atom stereocenters. The summed E-state index contributed by atoms with van der Waals surface area (Å²) in [6.07, 6.45) is 1.69. The summed E-state index contributed by atoms with van der Waals surface area (Å²) < 4.78 is 1.46. The zero-order valence-electron chi connectivity index (χ0n) is 7.26. The third kappa shape index (κ3) is 1.64. The monoisotopic (exact) mass is 168 g/mol. The molecule has 0 aliphatic heterocycles. The fraction of sp³-hybridized carbons (Fsp3) is 0.500. The average Bonchev–Trinajstić information content (AvgIpc) is 2.00. The summed E-state index contributed by atoms with van der Waals surface area (Å²) in [6.45, 7) is 2.01. The molecule has 1 rings (SSSR count). The summed E-state index contributed by atoms with van der Waals surface area (Å²) in [5, 5.41) is 0. The van der Waals surface area contributed by atoms with Crippen molar-refractivity contribution < 1.29 is 0 Å². The number of nitrogens with one attached hydrogen (secondary N) is 1. The van der Waals surface area contributed by atoms with Gasteiger partial charge in [-0.25, -0.2) is 4.79 Å². The maximum atomic E-state index is 11.0. The maximum absolute atomic E-state index is 11.0. The molecule has 0 radical (unpaired) electrons. The molecule has 1 N–H and O–H groups in total. The number of hydrogen-bond acceptors (Lipinski definition) is 2. The van der Waals surface area contributed by atoms with Gasteiger partial charge in [-0.15, -0.1) is 0 Å². The molecule has 0 aliphatic carbocycles. The van der Waals surface area contributed by atoms with E-state index in [2.05, 4.69) is 4.98 Å². The van der Waals surface area contributed by atoms with Crippen molar-refractivity contribution in [1.29, 1.82) is 0 Å². The van der Waals surface area contributed by atoms with Crippen molar-refractivity contribution in [1.82, 2.24) is 9.55 Å². The third-order valence-electron chi connectivity index (χ3n) is 1.77. The van der Waals surface area contributed by atoms with Gasteiger partial charge in [-0.3, -0.25) is 9.78 Å². The van der Waals surface area contributed by atoms with Crippen LogP contribution in [0.25, 0.3) is 0 Å². The Morgan fingerprint density at radius 1 is 1.50 bits per heavy atom. The lowest BCUT2D eigenvalue weighted by Gasteiger charge is -2.03.